The smallest absolute Gasteiger partial charge is 0.249 e. The number of carbonyl (C=O) groups is 3. The van der Waals surface area contributed by atoms with Gasteiger partial charge in [0.15, 0.2) is 0 Å². The first-order valence-electron chi connectivity index (χ1n) is 11.8. The van der Waals surface area contributed by atoms with Crippen LogP contribution in [0.1, 0.15) is 86.0 Å². The molecule has 2 fully saturated rings. The van der Waals surface area contributed by atoms with E-state index in [0.717, 1.165) is 38.5 Å². The molecule has 0 spiro atoms. The van der Waals surface area contributed by atoms with Crippen LogP contribution < -0.4 is 16.3 Å². The number of hydrogen-bond acceptors (Lipinski definition) is 5. The van der Waals surface area contributed by atoms with Gasteiger partial charge in [0.25, 0.3) is 0 Å². The lowest BCUT2D eigenvalue weighted by atomic mass is 9.85. The van der Waals surface area contributed by atoms with E-state index in [-0.39, 0.29) is 35.8 Å². The molecule has 0 radical (unpaired) electrons. The van der Waals surface area contributed by atoms with Gasteiger partial charge in [0, 0.05) is 12.0 Å². The minimum Gasteiger partial charge on any atom is -0.356 e. The molecule has 2 aliphatic carbocycles. The van der Waals surface area contributed by atoms with E-state index in [1.54, 1.807) is 0 Å². The largest absolute Gasteiger partial charge is 0.356 e. The summed E-state index contributed by atoms with van der Waals surface area (Å²) in [5.74, 6) is -0.735. The summed E-state index contributed by atoms with van der Waals surface area (Å²) in [5, 5.41) is 2.99. The molecule has 8 heteroatoms. The Hall–Kier alpha value is -1.67. The molecule has 0 saturated heterocycles. The lowest BCUT2D eigenvalue weighted by Gasteiger charge is -2.33. The van der Waals surface area contributed by atoms with E-state index in [9.17, 15) is 14.4 Å². The van der Waals surface area contributed by atoms with Crippen molar-refractivity contribution in [2.45, 2.75) is 98.2 Å². The number of nitrogens with one attached hydrogen (secondary N) is 3. The summed E-state index contributed by atoms with van der Waals surface area (Å²) >= 11 is 0. The Morgan fingerprint density at radius 1 is 0.806 bits per heavy atom. The van der Waals surface area contributed by atoms with E-state index in [4.69, 9.17) is 9.68 Å². The Morgan fingerprint density at radius 2 is 1.29 bits per heavy atom. The maximum atomic E-state index is 12.9. The van der Waals surface area contributed by atoms with Gasteiger partial charge in [-0.3, -0.25) is 24.1 Å². The number of amides is 3. The van der Waals surface area contributed by atoms with Crippen LogP contribution in [0.2, 0.25) is 0 Å². The van der Waals surface area contributed by atoms with E-state index >= 15 is 0 Å². The molecule has 4 atom stereocenters. The lowest BCUT2D eigenvalue weighted by Crippen LogP contribution is -2.48. The van der Waals surface area contributed by atoms with Gasteiger partial charge in [0.2, 0.25) is 17.7 Å². The van der Waals surface area contributed by atoms with Crippen molar-refractivity contribution < 1.29 is 24.1 Å². The van der Waals surface area contributed by atoms with Crippen LogP contribution >= 0.6 is 0 Å². The fourth-order valence-corrected chi connectivity index (χ4v) is 4.00. The third-order valence-electron chi connectivity index (χ3n) is 6.06. The molecule has 0 aliphatic heterocycles. The quantitative estimate of drug-likeness (QED) is 0.504. The summed E-state index contributed by atoms with van der Waals surface area (Å²) in [5.41, 5.74) is 4.56. The van der Waals surface area contributed by atoms with Crippen molar-refractivity contribution in [1.29, 1.82) is 0 Å². The third-order valence-corrected chi connectivity index (χ3v) is 6.06. The van der Waals surface area contributed by atoms with Gasteiger partial charge in [-0.15, -0.1) is 0 Å². The van der Waals surface area contributed by atoms with Crippen molar-refractivity contribution in [3.8, 4) is 0 Å². The molecule has 2 rings (SSSR count). The molecular formula is C23H41N3O5. The topological polar surface area (TPSA) is 106 Å². The van der Waals surface area contributed by atoms with E-state index in [1.165, 1.54) is 0 Å². The first-order valence-corrected chi connectivity index (χ1v) is 11.8. The second-order valence-corrected chi connectivity index (χ2v) is 10.4. The normalized spacial score (nSPS) is 26.9. The summed E-state index contributed by atoms with van der Waals surface area (Å²) in [6.07, 6.45) is 6.00. The Morgan fingerprint density at radius 3 is 1.81 bits per heavy atom. The molecule has 0 unspecified atom stereocenters. The van der Waals surface area contributed by atoms with Crippen molar-refractivity contribution >= 4 is 17.7 Å². The first kappa shape index (κ1) is 25.6. The van der Waals surface area contributed by atoms with Crippen LogP contribution in [0.15, 0.2) is 0 Å². The highest BCUT2D eigenvalue weighted by atomic mass is 16.7. The molecule has 0 aromatic heterocycles. The zero-order valence-electron chi connectivity index (χ0n) is 19.8. The fraction of sp³-hybridized carbons (Fsp3) is 0.870. The predicted molar refractivity (Wildman–Crippen MR) is 117 cm³/mol. The molecular weight excluding hydrogens is 398 g/mol. The zero-order chi connectivity index (χ0) is 23.0. The van der Waals surface area contributed by atoms with Gasteiger partial charge in [-0.2, -0.15) is 0 Å². The van der Waals surface area contributed by atoms with Crippen LogP contribution in [0, 0.1) is 23.2 Å². The molecule has 2 aliphatic rings. The minimum atomic E-state index is -0.568. The monoisotopic (exact) mass is 439 g/mol. The molecule has 0 heterocycles. The highest BCUT2D eigenvalue weighted by molar-refractivity contribution is 5.81. The molecule has 0 aromatic carbocycles. The molecule has 2 saturated carbocycles. The van der Waals surface area contributed by atoms with Crippen molar-refractivity contribution in [3.05, 3.63) is 0 Å². The second kappa shape index (κ2) is 11.8. The Kier molecular flexibility index (Phi) is 9.75. The summed E-state index contributed by atoms with van der Waals surface area (Å²) < 4.78 is 0. The summed E-state index contributed by atoms with van der Waals surface area (Å²) in [4.78, 5) is 48.9. The van der Waals surface area contributed by atoms with Gasteiger partial charge in [-0.25, -0.2) is 11.0 Å². The van der Waals surface area contributed by atoms with Crippen molar-refractivity contribution in [2.24, 2.45) is 23.2 Å². The third kappa shape index (κ3) is 8.07. The number of hydrogen-bond donors (Lipinski definition) is 3. The van der Waals surface area contributed by atoms with Gasteiger partial charge in [0.05, 0.1) is 24.0 Å². The van der Waals surface area contributed by atoms with Crippen LogP contribution in [0.4, 0.5) is 0 Å². The molecule has 0 bridgehead atoms. The van der Waals surface area contributed by atoms with Crippen LogP contribution in [0.25, 0.3) is 0 Å². The summed E-state index contributed by atoms with van der Waals surface area (Å²) in [6.45, 7) is 10.2. The average Bonchev–Trinajstić information content (AvgIpc) is 2.73. The van der Waals surface area contributed by atoms with Crippen molar-refractivity contribution in [1.82, 2.24) is 16.3 Å². The molecule has 31 heavy (non-hydrogen) atoms. The molecule has 3 N–H and O–H groups in total. The highest BCUT2D eigenvalue weighted by Crippen LogP contribution is 2.29. The maximum absolute atomic E-state index is 12.9. The standard InChI is InChI=1S/C23H41N3O5/c1-15(2)14-24-20(27)16-10-6-8-12-18(16)30-25-21(28)17-11-7-9-13-19(17)31-26-22(29)23(3,4)5/h15-19H,6-14H2,1-5H3,(H,24,27)(H,25,28)(H,26,29)/t16-,17-,18-,19-/m1/s1. The van der Waals surface area contributed by atoms with E-state index in [0.29, 0.717) is 25.3 Å². The van der Waals surface area contributed by atoms with Crippen LogP contribution in [-0.4, -0.2) is 36.5 Å². The zero-order valence-corrected chi connectivity index (χ0v) is 19.8. The Bertz CT molecular complexity index is 617. The van der Waals surface area contributed by atoms with E-state index < -0.39 is 11.3 Å². The van der Waals surface area contributed by atoms with E-state index in [1.807, 2.05) is 20.8 Å². The maximum Gasteiger partial charge on any atom is 0.249 e. The van der Waals surface area contributed by atoms with Crippen LogP contribution in [-0.2, 0) is 24.1 Å². The molecule has 8 nitrogen and oxygen atoms in total. The van der Waals surface area contributed by atoms with E-state index in [2.05, 4.69) is 30.1 Å². The van der Waals surface area contributed by atoms with Gasteiger partial charge in [-0.1, -0.05) is 60.3 Å². The summed E-state index contributed by atoms with van der Waals surface area (Å²) in [7, 11) is 0. The molecule has 178 valence electrons. The Balaban J connectivity index is 1.89. The second-order valence-electron chi connectivity index (χ2n) is 10.4. The van der Waals surface area contributed by atoms with Crippen molar-refractivity contribution in [2.75, 3.05) is 6.54 Å². The van der Waals surface area contributed by atoms with Gasteiger partial charge >= 0.3 is 0 Å². The summed E-state index contributed by atoms with van der Waals surface area (Å²) in [6, 6.07) is 0. The number of hydroxylamine groups is 2. The SMILES string of the molecule is CC(C)CNC(=O)[C@@H]1CCCC[C@H]1ONC(=O)[C@@H]1CCCC[C@H]1ONC(=O)C(C)(C)C. The molecule has 3 amide bonds. The predicted octanol–water partition coefficient (Wildman–Crippen LogP) is 3.02. The number of carbonyl (C=O) groups excluding carboxylic acids is 3. The van der Waals surface area contributed by atoms with Gasteiger partial charge in [0.1, 0.15) is 0 Å². The van der Waals surface area contributed by atoms with Crippen molar-refractivity contribution in [3.63, 3.8) is 0 Å². The molecule has 0 aromatic rings. The first-order chi connectivity index (χ1) is 14.6. The number of rotatable bonds is 8. The van der Waals surface area contributed by atoms with Gasteiger partial charge < -0.3 is 5.32 Å². The fourth-order valence-electron chi connectivity index (χ4n) is 4.00. The Labute approximate surface area is 186 Å². The average molecular weight is 440 g/mol. The highest BCUT2D eigenvalue weighted by Gasteiger charge is 2.36. The van der Waals surface area contributed by atoms with Crippen LogP contribution in [0.5, 0.6) is 0 Å². The minimum absolute atomic E-state index is 0.00332. The van der Waals surface area contributed by atoms with Crippen LogP contribution in [0.3, 0.4) is 0 Å². The lowest BCUT2D eigenvalue weighted by molar-refractivity contribution is -0.166. The van der Waals surface area contributed by atoms with Gasteiger partial charge in [-0.05, 0) is 31.6 Å².